The van der Waals surface area contributed by atoms with E-state index in [0.717, 1.165) is 54.1 Å². The van der Waals surface area contributed by atoms with E-state index in [4.69, 9.17) is 14.2 Å². The molecule has 1 saturated heterocycles. The third-order valence-corrected chi connectivity index (χ3v) is 8.01. The number of ether oxygens (including phenoxy) is 3. The Morgan fingerprint density at radius 1 is 0.974 bits per heavy atom. The Hall–Kier alpha value is -2.12. The van der Waals surface area contributed by atoms with E-state index in [9.17, 15) is 4.39 Å². The average Bonchev–Trinajstić information content (AvgIpc) is 2.95. The minimum Gasteiger partial charge on any atom is -0.493 e. The zero-order chi connectivity index (χ0) is 27.8. The molecule has 1 fully saturated rings. The van der Waals surface area contributed by atoms with Gasteiger partial charge in [0.05, 0.1) is 30.9 Å². The van der Waals surface area contributed by atoms with Crippen molar-refractivity contribution in [3.8, 4) is 5.75 Å². The summed E-state index contributed by atoms with van der Waals surface area (Å²) in [5.74, 6) is 1.20. The predicted molar refractivity (Wildman–Crippen MR) is 162 cm³/mol. The standard InChI is InChI=1S/C29H39FIN5O3/c1-5-37-18-29(19-38-6-2,36-12-10-35(4)11-13-36)24-15-23-26(16-27(24)39-7-3)32-20-33-28(23)34-22-8-9-25(30)21(14-22)17-31/h8-9,14-16,20H,5-7,10-13,17-19H2,1-4H3,(H,32,33,34). The summed E-state index contributed by atoms with van der Waals surface area (Å²) in [5.41, 5.74) is 2.60. The highest BCUT2D eigenvalue weighted by Crippen LogP contribution is 2.40. The molecule has 39 heavy (non-hydrogen) atoms. The molecular weight excluding hydrogens is 612 g/mol. The molecule has 0 amide bonds. The molecule has 1 aliphatic heterocycles. The number of nitrogens with zero attached hydrogens (tertiary/aromatic N) is 4. The van der Waals surface area contributed by atoms with Crippen LogP contribution in [0.2, 0.25) is 0 Å². The Morgan fingerprint density at radius 3 is 2.33 bits per heavy atom. The number of fused-ring (bicyclic) bond motifs is 1. The minimum absolute atomic E-state index is 0.213. The third kappa shape index (κ3) is 6.79. The molecule has 1 aliphatic rings. The van der Waals surface area contributed by atoms with Crippen LogP contribution in [-0.4, -0.2) is 86.0 Å². The van der Waals surface area contributed by atoms with Gasteiger partial charge in [-0.05, 0) is 57.6 Å². The van der Waals surface area contributed by atoms with Crippen LogP contribution in [0.15, 0.2) is 36.7 Å². The molecule has 4 rings (SSSR count). The number of anilines is 2. The van der Waals surface area contributed by atoms with Crippen LogP contribution in [0.1, 0.15) is 31.9 Å². The number of hydrogen-bond donors (Lipinski definition) is 1. The summed E-state index contributed by atoms with van der Waals surface area (Å²) in [7, 11) is 2.15. The Kier molecular flexibility index (Phi) is 10.7. The molecule has 2 aromatic carbocycles. The highest BCUT2D eigenvalue weighted by molar-refractivity contribution is 14.1. The Balaban J connectivity index is 1.88. The fraction of sp³-hybridized carbons (Fsp3) is 0.517. The van der Waals surface area contributed by atoms with Crippen molar-refractivity contribution in [3.05, 3.63) is 53.6 Å². The second-order valence-electron chi connectivity index (χ2n) is 9.68. The Labute approximate surface area is 244 Å². The molecule has 10 heteroatoms. The van der Waals surface area contributed by atoms with E-state index in [1.807, 2.05) is 32.9 Å². The van der Waals surface area contributed by atoms with Gasteiger partial charge in [0.25, 0.3) is 0 Å². The van der Waals surface area contributed by atoms with Crippen LogP contribution in [0.4, 0.5) is 15.9 Å². The molecule has 2 heterocycles. The van der Waals surface area contributed by atoms with Gasteiger partial charge in [0.1, 0.15) is 23.7 Å². The van der Waals surface area contributed by atoms with Gasteiger partial charge < -0.3 is 24.4 Å². The number of piperazine rings is 1. The van der Waals surface area contributed by atoms with E-state index in [0.29, 0.717) is 48.8 Å². The quantitative estimate of drug-likeness (QED) is 0.196. The monoisotopic (exact) mass is 651 g/mol. The fourth-order valence-electron chi connectivity index (χ4n) is 5.04. The lowest BCUT2D eigenvalue weighted by atomic mass is 9.86. The van der Waals surface area contributed by atoms with E-state index >= 15 is 0 Å². The number of halogens is 2. The van der Waals surface area contributed by atoms with Gasteiger partial charge in [0.2, 0.25) is 0 Å². The molecule has 212 valence electrons. The highest BCUT2D eigenvalue weighted by Gasteiger charge is 2.43. The van der Waals surface area contributed by atoms with Gasteiger partial charge in [-0.25, -0.2) is 14.4 Å². The maximum Gasteiger partial charge on any atom is 0.141 e. The molecule has 0 atom stereocenters. The number of rotatable bonds is 13. The summed E-state index contributed by atoms with van der Waals surface area (Å²) in [5, 5.41) is 4.26. The number of nitrogens with one attached hydrogen (secondary N) is 1. The number of benzene rings is 2. The molecule has 0 bridgehead atoms. The van der Waals surface area contributed by atoms with Gasteiger partial charge in [-0.15, -0.1) is 0 Å². The normalized spacial score (nSPS) is 15.1. The van der Waals surface area contributed by atoms with E-state index in [-0.39, 0.29) is 5.82 Å². The van der Waals surface area contributed by atoms with Gasteiger partial charge in [-0.3, -0.25) is 4.90 Å². The van der Waals surface area contributed by atoms with Gasteiger partial charge in [0.15, 0.2) is 0 Å². The Bertz CT molecular complexity index is 1230. The first kappa shape index (κ1) is 29.9. The maximum atomic E-state index is 14.2. The zero-order valence-corrected chi connectivity index (χ0v) is 25.5. The summed E-state index contributed by atoms with van der Waals surface area (Å²) in [4.78, 5) is 14.0. The summed E-state index contributed by atoms with van der Waals surface area (Å²) in [6.45, 7) is 12.3. The molecule has 3 aromatic rings. The first-order chi connectivity index (χ1) is 18.9. The summed E-state index contributed by atoms with van der Waals surface area (Å²) >= 11 is 2.17. The van der Waals surface area contributed by atoms with Gasteiger partial charge in [0, 0.05) is 66.5 Å². The van der Waals surface area contributed by atoms with Crippen molar-refractivity contribution >= 4 is 45.0 Å². The molecule has 0 radical (unpaired) electrons. The lowest BCUT2D eigenvalue weighted by molar-refractivity contribution is -0.0757. The summed E-state index contributed by atoms with van der Waals surface area (Å²) < 4.78 is 33.3. The number of alkyl halides is 1. The van der Waals surface area contributed by atoms with Crippen LogP contribution < -0.4 is 10.1 Å². The molecule has 0 spiro atoms. The first-order valence-electron chi connectivity index (χ1n) is 13.6. The van der Waals surface area contributed by atoms with Crippen LogP contribution in [0, 0.1) is 5.82 Å². The molecular formula is C29H39FIN5O3. The van der Waals surface area contributed by atoms with Crippen molar-refractivity contribution in [2.75, 3.05) is 71.6 Å². The SMILES string of the molecule is CCOCC(COCC)(c1cc2c(Nc3ccc(F)c(CI)c3)ncnc2cc1OCC)N1CCN(C)CC1. The largest absolute Gasteiger partial charge is 0.493 e. The lowest BCUT2D eigenvalue weighted by Crippen LogP contribution is -2.59. The zero-order valence-electron chi connectivity index (χ0n) is 23.3. The molecule has 0 aliphatic carbocycles. The van der Waals surface area contributed by atoms with Crippen molar-refractivity contribution in [1.29, 1.82) is 0 Å². The van der Waals surface area contributed by atoms with Crippen molar-refractivity contribution in [1.82, 2.24) is 19.8 Å². The van der Waals surface area contributed by atoms with Gasteiger partial charge in [-0.1, -0.05) is 22.6 Å². The molecule has 1 N–H and O–H groups in total. The second kappa shape index (κ2) is 14.0. The van der Waals surface area contributed by atoms with Crippen LogP contribution in [0.3, 0.4) is 0 Å². The molecule has 0 saturated carbocycles. The van der Waals surface area contributed by atoms with Crippen molar-refractivity contribution in [2.45, 2.75) is 30.7 Å². The number of aromatic nitrogens is 2. The van der Waals surface area contributed by atoms with Crippen LogP contribution in [0.25, 0.3) is 10.9 Å². The van der Waals surface area contributed by atoms with E-state index in [1.54, 1.807) is 6.07 Å². The van der Waals surface area contributed by atoms with Crippen molar-refractivity contribution in [2.24, 2.45) is 0 Å². The molecule has 0 unspecified atom stereocenters. The van der Waals surface area contributed by atoms with Crippen LogP contribution in [0.5, 0.6) is 5.75 Å². The third-order valence-electron chi connectivity index (χ3n) is 7.19. The summed E-state index contributed by atoms with van der Waals surface area (Å²) in [6, 6.07) is 9.16. The lowest BCUT2D eigenvalue weighted by Gasteiger charge is -2.47. The maximum absolute atomic E-state index is 14.2. The first-order valence-corrected chi connectivity index (χ1v) is 15.1. The smallest absolute Gasteiger partial charge is 0.141 e. The van der Waals surface area contributed by atoms with Crippen LogP contribution in [-0.2, 0) is 19.4 Å². The van der Waals surface area contributed by atoms with Gasteiger partial charge in [-0.2, -0.15) is 0 Å². The predicted octanol–water partition coefficient (Wildman–Crippen LogP) is 5.36. The minimum atomic E-state index is -0.566. The van der Waals surface area contributed by atoms with E-state index < -0.39 is 5.54 Å². The molecule has 1 aromatic heterocycles. The van der Waals surface area contributed by atoms with Crippen LogP contribution >= 0.6 is 22.6 Å². The highest BCUT2D eigenvalue weighted by atomic mass is 127. The van der Waals surface area contributed by atoms with Crippen molar-refractivity contribution < 1.29 is 18.6 Å². The second-order valence-corrected chi connectivity index (χ2v) is 10.4. The fourth-order valence-corrected chi connectivity index (χ4v) is 5.62. The van der Waals surface area contributed by atoms with E-state index in [1.165, 1.54) is 12.4 Å². The Morgan fingerprint density at radius 2 is 1.69 bits per heavy atom. The number of hydrogen-bond acceptors (Lipinski definition) is 8. The van der Waals surface area contributed by atoms with Gasteiger partial charge >= 0.3 is 0 Å². The topological polar surface area (TPSA) is 72.0 Å². The molecule has 8 nitrogen and oxygen atoms in total. The average molecular weight is 652 g/mol. The summed E-state index contributed by atoms with van der Waals surface area (Å²) in [6.07, 6.45) is 1.54. The van der Waals surface area contributed by atoms with Crippen molar-refractivity contribution in [3.63, 3.8) is 0 Å². The number of likely N-dealkylation sites (N-methyl/N-ethyl adjacent to an activating group) is 1. The van der Waals surface area contributed by atoms with E-state index in [2.05, 4.69) is 60.8 Å².